The number of nitrogen functional groups attached to an aromatic ring is 1. The molecule has 0 atom stereocenters. The molecule has 1 heterocycles. The van der Waals surface area contributed by atoms with Gasteiger partial charge >= 0.3 is 12.0 Å². The van der Waals surface area contributed by atoms with E-state index in [2.05, 4.69) is 21.2 Å². The summed E-state index contributed by atoms with van der Waals surface area (Å²) in [5.41, 5.74) is 6.08. The first-order valence-electron chi connectivity index (χ1n) is 5.79. The number of hydrogen-bond donors (Lipinski definition) is 2. The van der Waals surface area contributed by atoms with E-state index >= 15 is 0 Å². The van der Waals surface area contributed by atoms with Crippen molar-refractivity contribution >= 4 is 39.5 Å². The quantitative estimate of drug-likeness (QED) is 0.623. The third-order valence-electron chi connectivity index (χ3n) is 2.72. The molecular formula is C12H12BrN3O4. The molecule has 2 rings (SSSR count). The van der Waals surface area contributed by atoms with Crippen LogP contribution in [-0.2, 0) is 9.53 Å². The Kier molecular flexibility index (Phi) is 4.23. The summed E-state index contributed by atoms with van der Waals surface area (Å²) in [5.74, 6) is -1.28. The van der Waals surface area contributed by atoms with Crippen LogP contribution in [0.2, 0.25) is 0 Å². The maximum atomic E-state index is 11.8. The first-order chi connectivity index (χ1) is 9.49. The number of halogens is 1. The van der Waals surface area contributed by atoms with E-state index in [1.807, 2.05) is 0 Å². The van der Waals surface area contributed by atoms with Crippen LogP contribution in [0.1, 0.15) is 10.4 Å². The SMILES string of the molecule is Nc1ccc(Br)cc1C(=O)OCC(=O)N1CCNC1=O. The first-order valence-corrected chi connectivity index (χ1v) is 6.58. The largest absolute Gasteiger partial charge is 0.452 e. The van der Waals surface area contributed by atoms with Crippen LogP contribution in [0.5, 0.6) is 0 Å². The molecule has 0 saturated carbocycles. The molecule has 1 aliphatic heterocycles. The lowest BCUT2D eigenvalue weighted by Gasteiger charge is -2.12. The normalized spacial score (nSPS) is 14.1. The van der Waals surface area contributed by atoms with E-state index in [-0.39, 0.29) is 17.8 Å². The summed E-state index contributed by atoms with van der Waals surface area (Å²) in [4.78, 5) is 35.8. The number of rotatable bonds is 3. The molecule has 3 N–H and O–H groups in total. The highest BCUT2D eigenvalue weighted by molar-refractivity contribution is 9.10. The van der Waals surface area contributed by atoms with Crippen molar-refractivity contribution in [1.82, 2.24) is 10.2 Å². The molecule has 106 valence electrons. The number of hydrogen-bond acceptors (Lipinski definition) is 5. The average Bonchev–Trinajstić information content (AvgIpc) is 2.84. The highest BCUT2D eigenvalue weighted by Crippen LogP contribution is 2.19. The number of amides is 3. The highest BCUT2D eigenvalue weighted by Gasteiger charge is 2.27. The molecule has 0 aliphatic carbocycles. The van der Waals surface area contributed by atoms with Crippen molar-refractivity contribution in [2.24, 2.45) is 0 Å². The van der Waals surface area contributed by atoms with Gasteiger partial charge in [0.1, 0.15) is 0 Å². The maximum absolute atomic E-state index is 11.8. The lowest BCUT2D eigenvalue weighted by molar-refractivity contribution is -0.130. The molecule has 1 aliphatic rings. The Hall–Kier alpha value is -2.09. The van der Waals surface area contributed by atoms with Gasteiger partial charge in [-0.05, 0) is 18.2 Å². The van der Waals surface area contributed by atoms with E-state index in [4.69, 9.17) is 10.5 Å². The zero-order chi connectivity index (χ0) is 14.7. The van der Waals surface area contributed by atoms with Gasteiger partial charge in [0.05, 0.1) is 5.56 Å². The van der Waals surface area contributed by atoms with Crippen molar-refractivity contribution in [3.63, 3.8) is 0 Å². The first kappa shape index (κ1) is 14.3. The van der Waals surface area contributed by atoms with Gasteiger partial charge in [-0.25, -0.2) is 9.59 Å². The molecule has 0 aromatic heterocycles. The van der Waals surface area contributed by atoms with Crippen molar-refractivity contribution < 1.29 is 19.1 Å². The lowest BCUT2D eigenvalue weighted by Crippen LogP contribution is -2.37. The fourth-order valence-corrected chi connectivity index (χ4v) is 2.06. The molecule has 0 spiro atoms. The molecule has 1 fully saturated rings. The van der Waals surface area contributed by atoms with Crippen LogP contribution < -0.4 is 11.1 Å². The Morgan fingerprint density at radius 1 is 1.45 bits per heavy atom. The summed E-state index contributed by atoms with van der Waals surface area (Å²) >= 11 is 3.21. The molecule has 7 nitrogen and oxygen atoms in total. The summed E-state index contributed by atoms with van der Waals surface area (Å²) in [5, 5.41) is 2.49. The molecule has 1 saturated heterocycles. The zero-order valence-corrected chi connectivity index (χ0v) is 12.0. The molecule has 0 unspecified atom stereocenters. The standard InChI is InChI=1S/C12H12BrN3O4/c13-7-1-2-9(14)8(5-7)11(18)20-6-10(17)16-4-3-15-12(16)19/h1-2,5H,3-4,6,14H2,(H,15,19). The van der Waals surface area contributed by atoms with Gasteiger partial charge in [0.15, 0.2) is 6.61 Å². The number of esters is 1. The van der Waals surface area contributed by atoms with Crippen LogP contribution in [0.3, 0.4) is 0 Å². The van der Waals surface area contributed by atoms with E-state index in [1.165, 1.54) is 6.07 Å². The summed E-state index contributed by atoms with van der Waals surface area (Å²) < 4.78 is 5.55. The summed E-state index contributed by atoms with van der Waals surface area (Å²) in [7, 11) is 0. The van der Waals surface area contributed by atoms with Gasteiger partial charge < -0.3 is 15.8 Å². The topological polar surface area (TPSA) is 102 Å². The van der Waals surface area contributed by atoms with Gasteiger partial charge in [0.2, 0.25) is 0 Å². The summed E-state index contributed by atoms with van der Waals surface area (Å²) in [6.45, 7) is 0.170. The number of ether oxygens (including phenoxy) is 1. The predicted molar refractivity (Wildman–Crippen MR) is 73.9 cm³/mol. The number of benzene rings is 1. The van der Waals surface area contributed by atoms with E-state index in [0.29, 0.717) is 11.0 Å². The second-order valence-electron chi connectivity index (χ2n) is 4.09. The van der Waals surface area contributed by atoms with Crippen LogP contribution in [0, 0.1) is 0 Å². The van der Waals surface area contributed by atoms with Gasteiger partial charge in [-0.1, -0.05) is 15.9 Å². The molecular weight excluding hydrogens is 330 g/mol. The maximum Gasteiger partial charge on any atom is 0.340 e. The second kappa shape index (κ2) is 5.91. The van der Waals surface area contributed by atoms with E-state index in [1.54, 1.807) is 12.1 Å². The Bertz CT molecular complexity index is 576. The van der Waals surface area contributed by atoms with Gasteiger partial charge in [0.25, 0.3) is 5.91 Å². The molecule has 3 amide bonds. The van der Waals surface area contributed by atoms with E-state index in [9.17, 15) is 14.4 Å². The monoisotopic (exact) mass is 341 g/mol. The second-order valence-corrected chi connectivity index (χ2v) is 5.00. The van der Waals surface area contributed by atoms with E-state index in [0.717, 1.165) is 4.90 Å². The van der Waals surface area contributed by atoms with Crippen LogP contribution in [0.15, 0.2) is 22.7 Å². The molecule has 8 heteroatoms. The average molecular weight is 342 g/mol. The van der Waals surface area contributed by atoms with Crippen LogP contribution in [0.25, 0.3) is 0 Å². The van der Waals surface area contributed by atoms with Crippen molar-refractivity contribution in [2.45, 2.75) is 0 Å². The fraction of sp³-hybridized carbons (Fsp3) is 0.250. The Morgan fingerprint density at radius 3 is 2.85 bits per heavy atom. The van der Waals surface area contributed by atoms with Gasteiger partial charge in [0, 0.05) is 23.2 Å². The number of carbonyl (C=O) groups excluding carboxylic acids is 3. The van der Waals surface area contributed by atoms with Crippen molar-refractivity contribution in [3.8, 4) is 0 Å². The minimum absolute atomic E-state index is 0.165. The number of anilines is 1. The molecule has 20 heavy (non-hydrogen) atoms. The fourth-order valence-electron chi connectivity index (χ4n) is 1.70. The third-order valence-corrected chi connectivity index (χ3v) is 3.21. The summed E-state index contributed by atoms with van der Waals surface area (Å²) in [6.07, 6.45) is 0. The molecule has 1 aromatic rings. The minimum Gasteiger partial charge on any atom is -0.452 e. The highest BCUT2D eigenvalue weighted by atomic mass is 79.9. The number of imide groups is 1. The van der Waals surface area contributed by atoms with Gasteiger partial charge in [-0.2, -0.15) is 0 Å². The zero-order valence-electron chi connectivity index (χ0n) is 10.4. The van der Waals surface area contributed by atoms with Gasteiger partial charge in [-0.15, -0.1) is 0 Å². The van der Waals surface area contributed by atoms with Gasteiger partial charge in [-0.3, -0.25) is 9.69 Å². The minimum atomic E-state index is -0.711. The molecule has 0 radical (unpaired) electrons. The van der Waals surface area contributed by atoms with Crippen LogP contribution >= 0.6 is 15.9 Å². The smallest absolute Gasteiger partial charge is 0.340 e. The summed E-state index contributed by atoms with van der Waals surface area (Å²) in [6, 6.07) is 4.26. The van der Waals surface area contributed by atoms with Crippen molar-refractivity contribution in [1.29, 1.82) is 0 Å². The Labute approximate surface area is 123 Å². The van der Waals surface area contributed by atoms with Crippen LogP contribution in [-0.4, -0.2) is 42.5 Å². The van der Waals surface area contributed by atoms with E-state index < -0.39 is 24.5 Å². The Balaban J connectivity index is 1.97. The molecule has 1 aromatic carbocycles. The lowest BCUT2D eigenvalue weighted by atomic mass is 10.2. The van der Waals surface area contributed by atoms with Crippen molar-refractivity contribution in [2.75, 3.05) is 25.4 Å². The number of nitrogens with one attached hydrogen (secondary N) is 1. The number of nitrogens with two attached hydrogens (primary N) is 1. The number of urea groups is 1. The van der Waals surface area contributed by atoms with Crippen molar-refractivity contribution in [3.05, 3.63) is 28.2 Å². The predicted octanol–water partition coefficient (Wildman–Crippen LogP) is 0.740. The Morgan fingerprint density at radius 2 is 2.20 bits per heavy atom. The number of carbonyl (C=O) groups is 3. The molecule has 0 bridgehead atoms. The van der Waals surface area contributed by atoms with Crippen LogP contribution in [0.4, 0.5) is 10.5 Å². The number of nitrogens with zero attached hydrogens (tertiary/aromatic N) is 1. The third kappa shape index (κ3) is 3.08.